The molecule has 1 atom stereocenters. The molecule has 1 aromatic rings. The summed E-state index contributed by atoms with van der Waals surface area (Å²) in [5.74, 6) is -1.10. The second kappa shape index (κ2) is 4.54. The number of nitrogens with zero attached hydrogens (tertiary/aromatic N) is 2. The van der Waals surface area contributed by atoms with E-state index in [1.165, 1.54) is 0 Å². The molecule has 1 aliphatic heterocycles. The number of rotatable bonds is 2. The van der Waals surface area contributed by atoms with E-state index >= 15 is 0 Å². The highest BCUT2D eigenvalue weighted by molar-refractivity contribution is 9.10. The number of hydrogen-bond acceptors (Lipinski definition) is 4. The van der Waals surface area contributed by atoms with Crippen LogP contribution < -0.4 is 4.90 Å². The van der Waals surface area contributed by atoms with Crippen molar-refractivity contribution in [2.75, 3.05) is 11.4 Å². The Morgan fingerprint density at radius 3 is 2.67 bits per heavy atom. The Labute approximate surface area is 110 Å². The molecule has 1 amide bonds. The zero-order valence-electron chi connectivity index (χ0n) is 8.81. The van der Waals surface area contributed by atoms with Gasteiger partial charge in [-0.25, -0.2) is 9.37 Å². The van der Waals surface area contributed by atoms with Crippen LogP contribution >= 0.6 is 15.9 Å². The lowest BCUT2D eigenvalue weighted by molar-refractivity contribution is -0.117. The van der Waals surface area contributed by atoms with Crippen LogP contribution in [0.1, 0.15) is 6.42 Å². The number of halogens is 3. The quantitative estimate of drug-likeness (QED) is 0.763. The van der Waals surface area contributed by atoms with Gasteiger partial charge in [0.25, 0.3) is 0 Å². The maximum Gasteiger partial charge on any atom is 0.307 e. The summed E-state index contributed by atoms with van der Waals surface area (Å²) >= 11 is 3.02. The highest BCUT2D eigenvalue weighted by Crippen LogP contribution is 2.30. The van der Waals surface area contributed by atoms with E-state index in [1.807, 2.05) is 0 Å². The second-order valence-electron chi connectivity index (χ2n) is 3.77. The number of pyridine rings is 1. The molecule has 9 heteroatoms. The third-order valence-corrected chi connectivity index (χ3v) is 4.23. The minimum atomic E-state index is -4.78. The molecule has 2 heterocycles. The highest BCUT2D eigenvalue weighted by Gasteiger charge is 2.40. The largest absolute Gasteiger partial charge is 0.307 e. The molecule has 2 rings (SSSR count). The second-order valence-corrected chi connectivity index (χ2v) is 6.24. The van der Waals surface area contributed by atoms with E-state index in [9.17, 15) is 21.5 Å². The summed E-state index contributed by atoms with van der Waals surface area (Å²) in [6.07, 6.45) is 0.453. The van der Waals surface area contributed by atoms with E-state index in [4.69, 9.17) is 0 Å². The van der Waals surface area contributed by atoms with Crippen molar-refractivity contribution in [2.24, 2.45) is 0 Å². The molecule has 1 saturated heterocycles. The summed E-state index contributed by atoms with van der Waals surface area (Å²) in [5.41, 5.74) is 0. The van der Waals surface area contributed by atoms with Crippen molar-refractivity contribution < 1.29 is 21.5 Å². The van der Waals surface area contributed by atoms with Gasteiger partial charge in [-0.1, -0.05) is 0 Å². The van der Waals surface area contributed by atoms with Crippen LogP contribution in [-0.4, -0.2) is 31.1 Å². The van der Waals surface area contributed by atoms with Gasteiger partial charge in [0.15, 0.2) is 0 Å². The molecular formula is C9H7BrF2N2O3S. The predicted octanol–water partition coefficient (Wildman–Crippen LogP) is 1.39. The lowest BCUT2D eigenvalue weighted by atomic mass is 10.4. The summed E-state index contributed by atoms with van der Waals surface area (Å²) in [5, 5.41) is -1.40. The van der Waals surface area contributed by atoms with E-state index in [1.54, 1.807) is 0 Å². The van der Waals surface area contributed by atoms with Crippen molar-refractivity contribution in [3.05, 3.63) is 22.6 Å². The van der Waals surface area contributed by atoms with Gasteiger partial charge in [0, 0.05) is 13.0 Å². The van der Waals surface area contributed by atoms with Crippen LogP contribution in [0.3, 0.4) is 0 Å². The fourth-order valence-electron chi connectivity index (χ4n) is 1.67. The van der Waals surface area contributed by atoms with Crippen molar-refractivity contribution in [1.82, 2.24) is 4.98 Å². The molecule has 98 valence electrons. The Bertz CT molecular complexity index is 608. The molecule has 0 aliphatic carbocycles. The Morgan fingerprint density at radius 2 is 2.17 bits per heavy atom. The van der Waals surface area contributed by atoms with Crippen LogP contribution in [0, 0.1) is 5.82 Å². The van der Waals surface area contributed by atoms with Crippen molar-refractivity contribution in [1.29, 1.82) is 0 Å². The molecule has 1 unspecified atom stereocenters. The number of amides is 1. The third-order valence-electron chi connectivity index (χ3n) is 2.53. The molecular weight excluding hydrogens is 334 g/mol. The number of hydrogen-bond donors (Lipinski definition) is 0. The number of carbonyl (C=O) groups is 1. The van der Waals surface area contributed by atoms with Gasteiger partial charge < -0.3 is 0 Å². The lowest BCUT2D eigenvalue weighted by Gasteiger charge is -2.16. The molecule has 0 saturated carbocycles. The van der Waals surface area contributed by atoms with Crippen LogP contribution in [0.2, 0.25) is 0 Å². The van der Waals surface area contributed by atoms with Crippen molar-refractivity contribution >= 4 is 37.9 Å². The molecule has 1 aromatic heterocycles. The maximum absolute atomic E-state index is 12.8. The maximum atomic E-state index is 12.8. The van der Waals surface area contributed by atoms with Gasteiger partial charge in [-0.05, 0) is 22.0 Å². The molecule has 0 N–H and O–H groups in total. The van der Waals surface area contributed by atoms with Gasteiger partial charge in [-0.15, -0.1) is 3.89 Å². The molecule has 0 radical (unpaired) electrons. The molecule has 0 aromatic carbocycles. The summed E-state index contributed by atoms with van der Waals surface area (Å²) in [4.78, 5) is 16.3. The smallest absolute Gasteiger partial charge is 0.294 e. The number of aromatic nitrogens is 1. The van der Waals surface area contributed by atoms with Crippen LogP contribution in [0.15, 0.2) is 16.7 Å². The fourth-order valence-corrected chi connectivity index (χ4v) is 2.88. The standard InChI is InChI=1S/C9H7BrF2N2O3S/c10-7-1-5(11)3-13-9(7)14-4-6(2-8(14)15)18(12,16)17/h1,3,6H,2,4H2. The van der Waals surface area contributed by atoms with Crippen LogP contribution in [0.4, 0.5) is 14.1 Å². The molecule has 18 heavy (non-hydrogen) atoms. The van der Waals surface area contributed by atoms with Gasteiger partial charge in [0.2, 0.25) is 5.91 Å². The van der Waals surface area contributed by atoms with E-state index in [-0.39, 0.29) is 16.8 Å². The Kier molecular flexibility index (Phi) is 3.37. The fraction of sp³-hybridized carbons (Fsp3) is 0.333. The first-order valence-electron chi connectivity index (χ1n) is 4.84. The molecule has 1 fully saturated rings. The third kappa shape index (κ3) is 2.51. The Hall–Kier alpha value is -1.09. The SMILES string of the molecule is O=C1CC(S(=O)(=O)F)CN1c1ncc(F)cc1Br. The van der Waals surface area contributed by atoms with Gasteiger partial charge in [-0.3, -0.25) is 9.69 Å². The highest BCUT2D eigenvalue weighted by atomic mass is 79.9. The summed E-state index contributed by atoms with van der Waals surface area (Å²) < 4.78 is 47.4. The summed E-state index contributed by atoms with van der Waals surface area (Å²) in [6, 6.07) is 1.09. The predicted molar refractivity (Wildman–Crippen MR) is 62.7 cm³/mol. The normalized spacial score (nSPS) is 20.5. The first-order valence-corrected chi connectivity index (χ1v) is 7.08. The van der Waals surface area contributed by atoms with Gasteiger partial charge in [0.1, 0.15) is 16.9 Å². The van der Waals surface area contributed by atoms with Crippen molar-refractivity contribution in [3.8, 4) is 0 Å². The van der Waals surface area contributed by atoms with E-state index < -0.39 is 33.6 Å². The first-order chi connectivity index (χ1) is 8.29. The van der Waals surface area contributed by atoms with Crippen molar-refractivity contribution in [3.63, 3.8) is 0 Å². The zero-order chi connectivity index (χ0) is 13.5. The number of carbonyl (C=O) groups excluding carboxylic acids is 1. The topological polar surface area (TPSA) is 67.3 Å². The van der Waals surface area contributed by atoms with E-state index in [0.717, 1.165) is 17.2 Å². The average Bonchev–Trinajstić information content (AvgIpc) is 2.60. The Balaban J connectivity index is 2.33. The monoisotopic (exact) mass is 340 g/mol. The average molecular weight is 341 g/mol. The molecule has 0 spiro atoms. The summed E-state index contributed by atoms with van der Waals surface area (Å²) in [7, 11) is -4.78. The minimum Gasteiger partial charge on any atom is -0.294 e. The van der Waals surface area contributed by atoms with Gasteiger partial charge in [0.05, 0.1) is 10.7 Å². The van der Waals surface area contributed by atoms with E-state index in [2.05, 4.69) is 20.9 Å². The lowest BCUT2D eigenvalue weighted by Crippen LogP contribution is -2.28. The molecule has 0 bridgehead atoms. The minimum absolute atomic E-state index is 0.0764. The van der Waals surface area contributed by atoms with Crippen LogP contribution in [0.25, 0.3) is 0 Å². The van der Waals surface area contributed by atoms with Gasteiger partial charge >= 0.3 is 10.2 Å². The van der Waals surface area contributed by atoms with E-state index in [0.29, 0.717) is 0 Å². The van der Waals surface area contributed by atoms with Crippen molar-refractivity contribution in [2.45, 2.75) is 11.7 Å². The van der Waals surface area contributed by atoms with Crippen LogP contribution in [0.5, 0.6) is 0 Å². The van der Waals surface area contributed by atoms with Gasteiger partial charge in [-0.2, -0.15) is 8.42 Å². The number of anilines is 1. The summed E-state index contributed by atoms with van der Waals surface area (Å²) in [6.45, 7) is -0.325. The van der Waals surface area contributed by atoms with Crippen LogP contribution in [-0.2, 0) is 15.0 Å². The molecule has 5 nitrogen and oxygen atoms in total. The molecule has 1 aliphatic rings. The first kappa shape index (κ1) is 13.3. The Morgan fingerprint density at radius 1 is 1.50 bits per heavy atom. The zero-order valence-corrected chi connectivity index (χ0v) is 11.2.